The fourth-order valence-electron chi connectivity index (χ4n) is 3.96. The largest absolute Gasteiger partial charge is 0.481 e. The second-order valence-corrected chi connectivity index (χ2v) is 8.32. The molecule has 0 radical (unpaired) electrons. The van der Waals surface area contributed by atoms with Crippen LogP contribution < -0.4 is 5.32 Å². The number of hydrogen-bond donors (Lipinski definition) is 2. The molecule has 1 aromatic rings. The van der Waals surface area contributed by atoms with Crippen molar-refractivity contribution in [3.05, 3.63) is 10.6 Å². The summed E-state index contributed by atoms with van der Waals surface area (Å²) in [4.78, 5) is 29.4. The third-order valence-electron chi connectivity index (χ3n) is 5.16. The Morgan fingerprint density at radius 2 is 2.09 bits per heavy atom. The van der Waals surface area contributed by atoms with Crippen LogP contribution in [-0.2, 0) is 22.4 Å². The minimum Gasteiger partial charge on any atom is -0.481 e. The first-order valence-corrected chi connectivity index (χ1v) is 9.28. The quantitative estimate of drug-likeness (QED) is 0.860. The maximum absolute atomic E-state index is 12.4. The summed E-state index contributed by atoms with van der Waals surface area (Å²) in [6.07, 6.45) is 7.28. The molecule has 3 rings (SSSR count). The Bertz CT molecular complexity index is 605. The molecule has 0 aromatic carbocycles. The highest BCUT2D eigenvalue weighted by atomic mass is 32.1. The zero-order valence-corrected chi connectivity index (χ0v) is 14.4. The van der Waals surface area contributed by atoms with Crippen LogP contribution in [0.25, 0.3) is 0 Å². The van der Waals surface area contributed by atoms with Crippen LogP contribution in [0.4, 0.5) is 5.13 Å². The van der Waals surface area contributed by atoms with E-state index >= 15 is 0 Å². The van der Waals surface area contributed by atoms with Crippen LogP contribution in [0.5, 0.6) is 0 Å². The highest BCUT2D eigenvalue weighted by Crippen LogP contribution is 2.44. The Morgan fingerprint density at radius 3 is 2.78 bits per heavy atom. The van der Waals surface area contributed by atoms with Crippen LogP contribution in [0.1, 0.15) is 62.4 Å². The van der Waals surface area contributed by atoms with E-state index < -0.39 is 5.97 Å². The normalized spacial score (nSPS) is 22.6. The standard InChI is InChI=1S/C17H24N2O3S/c1-11-4-5-12-13(8-11)23-16(18-12)19-14(20)9-17(10-15(21)22)6-2-3-7-17/h11H,2-10H2,1H3,(H,21,22)(H,18,19,20). The molecule has 1 aromatic heterocycles. The molecule has 1 heterocycles. The van der Waals surface area contributed by atoms with Gasteiger partial charge in [0.1, 0.15) is 0 Å². The van der Waals surface area contributed by atoms with Crippen molar-refractivity contribution in [3.63, 3.8) is 0 Å². The second-order valence-electron chi connectivity index (χ2n) is 7.24. The summed E-state index contributed by atoms with van der Waals surface area (Å²) < 4.78 is 0. The molecule has 0 spiro atoms. The zero-order valence-electron chi connectivity index (χ0n) is 13.6. The van der Waals surface area contributed by atoms with Crippen molar-refractivity contribution in [3.8, 4) is 0 Å². The molecule has 0 aliphatic heterocycles. The van der Waals surface area contributed by atoms with Gasteiger partial charge in [0.15, 0.2) is 5.13 Å². The van der Waals surface area contributed by atoms with E-state index in [9.17, 15) is 9.59 Å². The molecule has 0 saturated heterocycles. The maximum atomic E-state index is 12.4. The van der Waals surface area contributed by atoms with Crippen molar-refractivity contribution in [1.29, 1.82) is 0 Å². The molecule has 2 aliphatic rings. The van der Waals surface area contributed by atoms with E-state index in [4.69, 9.17) is 5.11 Å². The van der Waals surface area contributed by atoms with Gasteiger partial charge >= 0.3 is 5.97 Å². The van der Waals surface area contributed by atoms with Gasteiger partial charge in [0.05, 0.1) is 12.1 Å². The molecule has 2 N–H and O–H groups in total. The summed E-state index contributed by atoms with van der Waals surface area (Å²) in [7, 11) is 0. The fraction of sp³-hybridized carbons (Fsp3) is 0.706. The molecule has 1 amide bonds. The lowest BCUT2D eigenvalue weighted by Crippen LogP contribution is -2.27. The molecular weight excluding hydrogens is 312 g/mol. The molecule has 1 atom stereocenters. The van der Waals surface area contributed by atoms with Crippen LogP contribution in [0.2, 0.25) is 0 Å². The number of carbonyl (C=O) groups is 2. The number of aromatic nitrogens is 1. The Kier molecular flexibility index (Phi) is 4.71. The summed E-state index contributed by atoms with van der Waals surface area (Å²) in [5.74, 6) is -0.213. The van der Waals surface area contributed by atoms with Gasteiger partial charge in [-0.1, -0.05) is 19.8 Å². The lowest BCUT2D eigenvalue weighted by atomic mass is 9.79. The summed E-state index contributed by atoms with van der Waals surface area (Å²) in [5, 5.41) is 12.7. The number of carbonyl (C=O) groups excluding carboxylic acids is 1. The van der Waals surface area contributed by atoms with Gasteiger partial charge in [0.25, 0.3) is 0 Å². The average molecular weight is 336 g/mol. The molecule has 5 nitrogen and oxygen atoms in total. The molecule has 23 heavy (non-hydrogen) atoms. The van der Waals surface area contributed by atoms with Gasteiger partial charge < -0.3 is 10.4 Å². The van der Waals surface area contributed by atoms with E-state index in [-0.39, 0.29) is 17.7 Å². The molecule has 1 saturated carbocycles. The highest BCUT2D eigenvalue weighted by molar-refractivity contribution is 7.15. The number of carboxylic acid groups (broad SMARTS) is 1. The number of aryl methyl sites for hydroxylation is 1. The SMILES string of the molecule is CC1CCc2nc(NC(=O)CC3(CC(=O)O)CCCC3)sc2C1. The van der Waals surface area contributed by atoms with Gasteiger partial charge in [-0.25, -0.2) is 4.98 Å². The number of fused-ring (bicyclic) bond motifs is 1. The van der Waals surface area contributed by atoms with Crippen molar-refractivity contribution in [2.45, 2.75) is 64.7 Å². The monoisotopic (exact) mass is 336 g/mol. The second kappa shape index (κ2) is 6.59. The van der Waals surface area contributed by atoms with Crippen molar-refractivity contribution in [2.75, 3.05) is 5.32 Å². The number of nitrogens with zero attached hydrogens (tertiary/aromatic N) is 1. The Balaban J connectivity index is 1.64. The number of hydrogen-bond acceptors (Lipinski definition) is 4. The first kappa shape index (κ1) is 16.4. The minimum atomic E-state index is -0.807. The molecule has 1 fully saturated rings. The molecule has 6 heteroatoms. The Hall–Kier alpha value is -1.43. The number of rotatable bonds is 5. The van der Waals surface area contributed by atoms with E-state index in [0.29, 0.717) is 17.5 Å². The zero-order chi connectivity index (χ0) is 16.4. The van der Waals surface area contributed by atoms with Crippen molar-refractivity contribution in [1.82, 2.24) is 4.98 Å². The molecule has 2 aliphatic carbocycles. The number of nitrogens with one attached hydrogen (secondary N) is 1. The van der Waals surface area contributed by atoms with Gasteiger partial charge in [-0.3, -0.25) is 9.59 Å². The number of carboxylic acids is 1. The molecule has 0 bridgehead atoms. The van der Waals surface area contributed by atoms with E-state index in [1.165, 1.54) is 4.88 Å². The first-order chi connectivity index (χ1) is 11.0. The van der Waals surface area contributed by atoms with Crippen LogP contribution in [0.3, 0.4) is 0 Å². The number of amides is 1. The highest BCUT2D eigenvalue weighted by Gasteiger charge is 2.38. The van der Waals surface area contributed by atoms with Crippen LogP contribution >= 0.6 is 11.3 Å². The van der Waals surface area contributed by atoms with E-state index in [1.807, 2.05) is 0 Å². The summed E-state index contributed by atoms with van der Waals surface area (Å²) in [6.45, 7) is 2.25. The number of aliphatic carboxylic acids is 1. The molecule has 1 unspecified atom stereocenters. The van der Waals surface area contributed by atoms with Crippen LogP contribution in [0, 0.1) is 11.3 Å². The number of thiazole rings is 1. The van der Waals surface area contributed by atoms with Gasteiger partial charge in [0, 0.05) is 11.3 Å². The lowest BCUT2D eigenvalue weighted by Gasteiger charge is -2.25. The molecule has 126 valence electrons. The van der Waals surface area contributed by atoms with Gasteiger partial charge in [-0.2, -0.15) is 0 Å². The number of anilines is 1. The summed E-state index contributed by atoms with van der Waals surface area (Å²) >= 11 is 1.58. The van der Waals surface area contributed by atoms with Crippen LogP contribution in [-0.4, -0.2) is 22.0 Å². The van der Waals surface area contributed by atoms with Crippen LogP contribution in [0.15, 0.2) is 0 Å². The van der Waals surface area contributed by atoms with Gasteiger partial charge in [-0.15, -0.1) is 11.3 Å². The maximum Gasteiger partial charge on any atom is 0.303 e. The van der Waals surface area contributed by atoms with Crippen molar-refractivity contribution >= 4 is 28.3 Å². The third kappa shape index (κ3) is 3.91. The van der Waals surface area contributed by atoms with E-state index in [1.54, 1.807) is 11.3 Å². The summed E-state index contributed by atoms with van der Waals surface area (Å²) in [6, 6.07) is 0. The van der Waals surface area contributed by atoms with Crippen molar-refractivity contribution < 1.29 is 14.7 Å². The Morgan fingerprint density at radius 1 is 1.35 bits per heavy atom. The van der Waals surface area contributed by atoms with E-state index in [2.05, 4.69) is 17.2 Å². The van der Waals surface area contributed by atoms with Crippen molar-refractivity contribution in [2.24, 2.45) is 11.3 Å². The smallest absolute Gasteiger partial charge is 0.303 e. The predicted octanol–water partition coefficient (Wildman–Crippen LogP) is 3.63. The summed E-state index contributed by atoms with van der Waals surface area (Å²) in [5.41, 5.74) is 0.769. The predicted molar refractivity (Wildman–Crippen MR) is 89.7 cm³/mol. The fourth-order valence-corrected chi connectivity index (χ4v) is 5.15. The topological polar surface area (TPSA) is 79.3 Å². The van der Waals surface area contributed by atoms with E-state index in [0.717, 1.165) is 50.6 Å². The lowest BCUT2D eigenvalue weighted by molar-refractivity contribution is -0.140. The average Bonchev–Trinajstić information content (AvgIpc) is 3.03. The molecular formula is C17H24N2O3S. The minimum absolute atomic E-state index is 0.0896. The van der Waals surface area contributed by atoms with Gasteiger partial charge in [0.2, 0.25) is 5.91 Å². The Labute approximate surface area is 140 Å². The third-order valence-corrected chi connectivity index (χ3v) is 6.19. The van der Waals surface area contributed by atoms with Gasteiger partial charge in [-0.05, 0) is 43.4 Å². The first-order valence-electron chi connectivity index (χ1n) is 8.46.